The van der Waals surface area contributed by atoms with Gasteiger partial charge in [0, 0.05) is 30.7 Å². The van der Waals surface area contributed by atoms with Gasteiger partial charge in [-0.2, -0.15) is 0 Å². The van der Waals surface area contributed by atoms with E-state index in [0.717, 1.165) is 0 Å². The summed E-state index contributed by atoms with van der Waals surface area (Å²) in [5.74, 6) is -0.371. The first-order valence-electron chi connectivity index (χ1n) is 6.29. The molecule has 0 atom stereocenters. The van der Waals surface area contributed by atoms with Crippen molar-refractivity contribution in [2.75, 3.05) is 26.4 Å². The summed E-state index contributed by atoms with van der Waals surface area (Å²) in [5.41, 5.74) is 6.53. The van der Waals surface area contributed by atoms with Crippen LogP contribution in [-0.2, 0) is 19.6 Å². The molecule has 21 heavy (non-hydrogen) atoms. The quantitative estimate of drug-likeness (QED) is 0.633. The number of halogens is 1. The minimum atomic E-state index is -3.70. The predicted octanol–water partition coefficient (Wildman–Crippen LogP) is 1.80. The van der Waals surface area contributed by atoms with Gasteiger partial charge in [-0.1, -0.05) is 11.6 Å². The molecule has 1 aromatic carbocycles. The van der Waals surface area contributed by atoms with Gasteiger partial charge in [-0.05, 0) is 31.0 Å². The first kappa shape index (κ1) is 17.7. The van der Waals surface area contributed by atoms with Crippen molar-refractivity contribution < 1.29 is 17.9 Å². The fourth-order valence-corrected chi connectivity index (χ4v) is 3.56. The summed E-state index contributed by atoms with van der Waals surface area (Å²) in [4.78, 5) is 11.1. The summed E-state index contributed by atoms with van der Waals surface area (Å²) in [6.07, 6.45) is 0.532. The minimum Gasteiger partial charge on any atom is -0.469 e. The number of ether oxygens (including phenoxy) is 1. The van der Waals surface area contributed by atoms with E-state index < -0.39 is 10.0 Å². The van der Waals surface area contributed by atoms with E-state index in [4.69, 9.17) is 17.3 Å². The summed E-state index contributed by atoms with van der Waals surface area (Å²) < 4.78 is 30.7. The number of nitrogens with zero attached hydrogens (tertiary/aromatic N) is 1. The number of benzene rings is 1. The van der Waals surface area contributed by atoms with Gasteiger partial charge in [0.25, 0.3) is 0 Å². The normalized spacial score (nSPS) is 11.7. The van der Waals surface area contributed by atoms with Crippen molar-refractivity contribution in [3.63, 3.8) is 0 Å². The summed E-state index contributed by atoms with van der Waals surface area (Å²) >= 11 is 5.87. The molecular weight excluding hydrogens is 316 g/mol. The van der Waals surface area contributed by atoms with Gasteiger partial charge in [0.15, 0.2) is 0 Å². The Morgan fingerprint density at radius 2 is 2.05 bits per heavy atom. The van der Waals surface area contributed by atoms with Gasteiger partial charge in [0.1, 0.15) is 0 Å². The Morgan fingerprint density at radius 1 is 1.43 bits per heavy atom. The number of sulfonamides is 1. The lowest BCUT2D eigenvalue weighted by atomic mass is 10.2. The molecule has 0 aromatic heterocycles. The van der Waals surface area contributed by atoms with E-state index in [-0.39, 0.29) is 28.9 Å². The number of rotatable bonds is 6. The second-order valence-corrected chi connectivity index (χ2v) is 7.07. The number of esters is 1. The number of hydrogen-bond donors (Lipinski definition) is 1. The molecule has 0 aliphatic carbocycles. The van der Waals surface area contributed by atoms with Gasteiger partial charge in [-0.15, -0.1) is 0 Å². The maximum Gasteiger partial charge on any atom is 0.305 e. The molecule has 0 amide bonds. The second kappa shape index (κ2) is 7.11. The van der Waals surface area contributed by atoms with E-state index in [0.29, 0.717) is 17.7 Å². The first-order valence-corrected chi connectivity index (χ1v) is 8.10. The molecule has 0 bridgehead atoms. The van der Waals surface area contributed by atoms with E-state index in [2.05, 4.69) is 4.74 Å². The molecule has 0 saturated carbocycles. The average Bonchev–Trinajstić information content (AvgIpc) is 2.42. The molecule has 0 heterocycles. The van der Waals surface area contributed by atoms with Crippen LogP contribution in [-0.4, -0.2) is 39.4 Å². The highest BCUT2D eigenvalue weighted by molar-refractivity contribution is 7.89. The van der Waals surface area contributed by atoms with Gasteiger partial charge in [0.2, 0.25) is 10.0 Å². The number of hydrogen-bond acceptors (Lipinski definition) is 5. The molecular formula is C13H19ClN2O4S. The van der Waals surface area contributed by atoms with Crippen LogP contribution in [0.2, 0.25) is 5.02 Å². The summed E-state index contributed by atoms with van der Waals surface area (Å²) in [7, 11) is -0.962. The van der Waals surface area contributed by atoms with Crippen molar-refractivity contribution >= 4 is 33.3 Å². The monoisotopic (exact) mass is 334 g/mol. The Bertz CT molecular complexity index is 631. The topological polar surface area (TPSA) is 89.7 Å². The third kappa shape index (κ3) is 4.33. The molecule has 6 nitrogen and oxygen atoms in total. The molecule has 0 unspecified atom stereocenters. The molecule has 8 heteroatoms. The van der Waals surface area contributed by atoms with Crippen LogP contribution in [0.4, 0.5) is 5.69 Å². The smallest absolute Gasteiger partial charge is 0.305 e. The van der Waals surface area contributed by atoms with Crippen LogP contribution in [0.3, 0.4) is 0 Å². The summed E-state index contributed by atoms with van der Waals surface area (Å²) in [6.45, 7) is 1.82. The Labute approximate surface area is 129 Å². The number of nitrogen functional groups attached to an aromatic ring is 1. The molecule has 2 N–H and O–H groups in total. The van der Waals surface area contributed by atoms with Crippen molar-refractivity contribution in [1.82, 2.24) is 4.31 Å². The first-order chi connectivity index (χ1) is 9.70. The zero-order valence-corrected chi connectivity index (χ0v) is 13.8. The second-order valence-electron chi connectivity index (χ2n) is 4.62. The van der Waals surface area contributed by atoms with Gasteiger partial charge in [-0.25, -0.2) is 12.7 Å². The zero-order chi connectivity index (χ0) is 16.2. The largest absolute Gasteiger partial charge is 0.469 e. The maximum atomic E-state index is 12.5. The maximum absolute atomic E-state index is 12.5. The van der Waals surface area contributed by atoms with Crippen LogP contribution < -0.4 is 5.73 Å². The van der Waals surface area contributed by atoms with Crippen molar-refractivity contribution in [2.45, 2.75) is 24.7 Å². The van der Waals surface area contributed by atoms with E-state index in [1.165, 1.54) is 30.6 Å². The Kier molecular flexibility index (Phi) is 6.00. The average molecular weight is 335 g/mol. The molecule has 1 rings (SSSR count). The summed E-state index contributed by atoms with van der Waals surface area (Å²) in [6, 6.07) is 2.88. The lowest BCUT2D eigenvalue weighted by molar-refractivity contribution is -0.140. The number of carbonyl (C=O) groups excluding carboxylic acids is 1. The van der Waals surface area contributed by atoms with Crippen LogP contribution >= 0.6 is 11.6 Å². The van der Waals surface area contributed by atoms with Gasteiger partial charge < -0.3 is 10.5 Å². The Hall–Kier alpha value is -1.31. The highest BCUT2D eigenvalue weighted by atomic mass is 35.5. The molecule has 0 spiro atoms. The van der Waals surface area contributed by atoms with Gasteiger partial charge >= 0.3 is 5.97 Å². The minimum absolute atomic E-state index is 0.0769. The van der Waals surface area contributed by atoms with Gasteiger partial charge in [0.05, 0.1) is 12.0 Å². The summed E-state index contributed by atoms with van der Waals surface area (Å²) in [5, 5.41) is 0.264. The fraction of sp³-hybridized carbons (Fsp3) is 0.462. The Balaban J connectivity index is 2.93. The molecule has 0 saturated heterocycles. The number of nitrogens with two attached hydrogens (primary N) is 1. The third-order valence-corrected chi connectivity index (χ3v) is 5.34. The molecule has 1 aromatic rings. The van der Waals surface area contributed by atoms with E-state index in [9.17, 15) is 13.2 Å². The van der Waals surface area contributed by atoms with Crippen molar-refractivity contribution in [3.05, 3.63) is 22.7 Å². The lowest BCUT2D eigenvalue weighted by Crippen LogP contribution is -2.29. The van der Waals surface area contributed by atoms with Crippen LogP contribution in [0.25, 0.3) is 0 Å². The molecule has 118 valence electrons. The van der Waals surface area contributed by atoms with Crippen molar-refractivity contribution in [2.24, 2.45) is 0 Å². The lowest BCUT2D eigenvalue weighted by Gasteiger charge is -2.19. The van der Waals surface area contributed by atoms with Crippen LogP contribution in [0.5, 0.6) is 0 Å². The fourth-order valence-electron chi connectivity index (χ4n) is 1.78. The molecule has 0 aliphatic rings. The van der Waals surface area contributed by atoms with Crippen LogP contribution in [0.15, 0.2) is 17.0 Å². The van der Waals surface area contributed by atoms with Gasteiger partial charge in [-0.3, -0.25) is 4.79 Å². The van der Waals surface area contributed by atoms with Crippen LogP contribution in [0.1, 0.15) is 18.4 Å². The standard InChI is InChI=1S/C13H19ClN2O4S/c1-9-11(15)7-10(14)8-12(9)21(18,19)16(2)6-4-5-13(17)20-3/h7-8H,4-6,15H2,1-3H3. The van der Waals surface area contributed by atoms with E-state index in [1.807, 2.05) is 0 Å². The SMILES string of the molecule is COC(=O)CCCN(C)S(=O)(=O)c1cc(Cl)cc(N)c1C. The molecule has 0 aliphatic heterocycles. The number of methoxy groups -OCH3 is 1. The predicted molar refractivity (Wildman–Crippen MR) is 81.7 cm³/mol. The molecule has 0 fully saturated rings. The van der Waals surface area contributed by atoms with E-state index in [1.54, 1.807) is 6.92 Å². The van der Waals surface area contributed by atoms with Crippen molar-refractivity contribution in [1.29, 1.82) is 0 Å². The Morgan fingerprint density at radius 3 is 2.62 bits per heavy atom. The van der Waals surface area contributed by atoms with Crippen molar-refractivity contribution in [3.8, 4) is 0 Å². The van der Waals surface area contributed by atoms with Crippen LogP contribution in [0, 0.1) is 6.92 Å². The number of anilines is 1. The van der Waals surface area contributed by atoms with E-state index >= 15 is 0 Å². The number of carbonyl (C=O) groups is 1. The highest BCUT2D eigenvalue weighted by Gasteiger charge is 2.24. The third-order valence-electron chi connectivity index (χ3n) is 3.13. The highest BCUT2D eigenvalue weighted by Crippen LogP contribution is 2.27. The molecule has 0 radical (unpaired) electrons. The zero-order valence-electron chi connectivity index (χ0n) is 12.2.